The molecule has 0 saturated heterocycles. The van der Waals surface area contributed by atoms with Crippen LogP contribution in [-0.2, 0) is 6.18 Å². The van der Waals surface area contributed by atoms with Crippen molar-refractivity contribution in [2.45, 2.75) is 6.18 Å². The number of benzene rings is 2. The van der Waals surface area contributed by atoms with Gasteiger partial charge in [-0.1, -0.05) is 23.2 Å². The van der Waals surface area contributed by atoms with Crippen LogP contribution in [0.1, 0.15) is 21.5 Å². The quantitative estimate of drug-likeness (QED) is 0.632. The Balaban J connectivity index is 2.50. The number of anilines is 1. The number of hydrogen-bond acceptors (Lipinski definition) is 2. The Kier molecular flexibility index (Phi) is 4.16. The third kappa shape index (κ3) is 3.31. The van der Waals surface area contributed by atoms with E-state index in [1.54, 1.807) is 0 Å². The molecule has 0 aliphatic carbocycles. The summed E-state index contributed by atoms with van der Waals surface area (Å²) in [5.41, 5.74) is 4.48. The highest BCUT2D eigenvalue weighted by atomic mass is 35.5. The zero-order valence-corrected chi connectivity index (χ0v) is 11.9. The summed E-state index contributed by atoms with van der Waals surface area (Å²) < 4.78 is 38.1. The lowest BCUT2D eigenvalue weighted by atomic mass is 9.99. The highest BCUT2D eigenvalue weighted by Crippen LogP contribution is 2.32. The van der Waals surface area contributed by atoms with Gasteiger partial charge in [0.2, 0.25) is 0 Å². The third-order valence-electron chi connectivity index (χ3n) is 2.81. The molecule has 0 atom stereocenters. The Morgan fingerprint density at radius 3 is 2.24 bits per heavy atom. The van der Waals surface area contributed by atoms with Crippen LogP contribution in [0.15, 0.2) is 36.4 Å². The summed E-state index contributed by atoms with van der Waals surface area (Å²) in [7, 11) is 0. The Hall–Kier alpha value is -1.72. The number of carbonyl (C=O) groups is 1. The van der Waals surface area contributed by atoms with E-state index in [1.165, 1.54) is 18.2 Å². The van der Waals surface area contributed by atoms with Crippen LogP contribution in [0, 0.1) is 0 Å². The Morgan fingerprint density at radius 2 is 1.67 bits per heavy atom. The smallest absolute Gasteiger partial charge is 0.398 e. The summed E-state index contributed by atoms with van der Waals surface area (Å²) in [5, 5.41) is 0.373. The molecule has 0 amide bonds. The van der Waals surface area contributed by atoms with Crippen LogP contribution >= 0.6 is 23.2 Å². The monoisotopic (exact) mass is 333 g/mol. The van der Waals surface area contributed by atoms with Crippen LogP contribution < -0.4 is 5.73 Å². The fourth-order valence-electron chi connectivity index (χ4n) is 1.72. The minimum Gasteiger partial charge on any atom is -0.398 e. The van der Waals surface area contributed by atoms with Crippen molar-refractivity contribution in [3.63, 3.8) is 0 Å². The van der Waals surface area contributed by atoms with E-state index in [0.29, 0.717) is 0 Å². The fraction of sp³-hybridized carbons (Fsp3) is 0.0714. The minimum absolute atomic E-state index is 0.0425. The summed E-state index contributed by atoms with van der Waals surface area (Å²) in [4.78, 5) is 12.3. The molecule has 2 aromatic rings. The summed E-state index contributed by atoms with van der Waals surface area (Å²) in [6.45, 7) is 0. The van der Waals surface area contributed by atoms with Gasteiger partial charge in [-0.25, -0.2) is 0 Å². The molecule has 0 aliphatic heterocycles. The molecule has 2 nitrogen and oxygen atoms in total. The first-order valence-electron chi connectivity index (χ1n) is 5.66. The number of nitrogen functional groups attached to an aromatic ring is 1. The van der Waals surface area contributed by atoms with E-state index < -0.39 is 17.5 Å². The van der Waals surface area contributed by atoms with Gasteiger partial charge >= 0.3 is 6.18 Å². The van der Waals surface area contributed by atoms with Gasteiger partial charge in [0.25, 0.3) is 0 Å². The largest absolute Gasteiger partial charge is 0.416 e. The second-order valence-electron chi connectivity index (χ2n) is 4.26. The third-order valence-corrected chi connectivity index (χ3v) is 3.55. The van der Waals surface area contributed by atoms with Crippen LogP contribution in [0.5, 0.6) is 0 Å². The minimum atomic E-state index is -4.56. The average Bonchev–Trinajstić information content (AvgIpc) is 2.40. The van der Waals surface area contributed by atoms with Crippen LogP contribution in [0.25, 0.3) is 0 Å². The molecule has 0 radical (unpaired) electrons. The molecule has 2 rings (SSSR count). The van der Waals surface area contributed by atoms with Gasteiger partial charge in [0.1, 0.15) is 0 Å². The van der Waals surface area contributed by atoms with E-state index in [9.17, 15) is 18.0 Å². The van der Waals surface area contributed by atoms with Crippen LogP contribution in [0.4, 0.5) is 18.9 Å². The van der Waals surface area contributed by atoms with Gasteiger partial charge in [-0.15, -0.1) is 0 Å². The van der Waals surface area contributed by atoms with E-state index in [1.807, 2.05) is 0 Å². The number of nitrogens with two attached hydrogens (primary N) is 1. The summed E-state index contributed by atoms with van der Waals surface area (Å²) >= 11 is 11.5. The van der Waals surface area contributed by atoms with Crippen LogP contribution in [-0.4, -0.2) is 5.78 Å². The van der Waals surface area contributed by atoms with Gasteiger partial charge in [-0.2, -0.15) is 13.2 Å². The maximum Gasteiger partial charge on any atom is 0.416 e. The molecule has 110 valence electrons. The number of carbonyl (C=O) groups excluding carboxylic acids is 1. The second-order valence-corrected chi connectivity index (χ2v) is 5.07. The summed E-state index contributed by atoms with van der Waals surface area (Å²) in [5.74, 6) is -0.655. The summed E-state index contributed by atoms with van der Waals surface area (Å²) in [6, 6.07) is 6.64. The normalized spacial score (nSPS) is 11.5. The Bertz CT molecular complexity index is 714. The van der Waals surface area contributed by atoms with Crippen molar-refractivity contribution in [3.05, 3.63) is 63.1 Å². The van der Waals surface area contributed by atoms with Crippen LogP contribution in [0.2, 0.25) is 10.0 Å². The second kappa shape index (κ2) is 5.58. The number of ketones is 1. The van der Waals surface area contributed by atoms with Crippen LogP contribution in [0.3, 0.4) is 0 Å². The van der Waals surface area contributed by atoms with E-state index in [2.05, 4.69) is 0 Å². The molecule has 21 heavy (non-hydrogen) atoms. The number of hydrogen-bond donors (Lipinski definition) is 1. The topological polar surface area (TPSA) is 43.1 Å². The Labute approximate surface area is 128 Å². The molecule has 0 fully saturated rings. The van der Waals surface area contributed by atoms with Gasteiger partial charge in [0.15, 0.2) is 5.78 Å². The zero-order chi connectivity index (χ0) is 15.8. The SMILES string of the molecule is Nc1ccc(C(F)(F)F)cc1C(=O)c1ccc(Cl)c(Cl)c1. The number of alkyl halides is 3. The van der Waals surface area contributed by atoms with Crippen molar-refractivity contribution in [3.8, 4) is 0 Å². The molecular formula is C14H8Cl2F3NO. The molecule has 0 aliphatic rings. The van der Waals surface area contributed by atoms with Crippen molar-refractivity contribution in [1.29, 1.82) is 0 Å². The first-order chi connectivity index (χ1) is 9.70. The van der Waals surface area contributed by atoms with Gasteiger partial charge in [0.05, 0.1) is 15.6 Å². The molecule has 0 bridgehead atoms. The first-order valence-corrected chi connectivity index (χ1v) is 6.42. The maximum atomic E-state index is 12.7. The van der Waals surface area contributed by atoms with Crippen molar-refractivity contribution < 1.29 is 18.0 Å². The predicted molar refractivity (Wildman–Crippen MR) is 75.8 cm³/mol. The molecule has 0 spiro atoms. The van der Waals surface area contributed by atoms with E-state index in [0.717, 1.165) is 18.2 Å². The lowest BCUT2D eigenvalue weighted by Crippen LogP contribution is -2.10. The number of halogens is 5. The first kappa shape index (κ1) is 15.7. The Morgan fingerprint density at radius 1 is 1.00 bits per heavy atom. The maximum absolute atomic E-state index is 12.7. The van der Waals surface area contributed by atoms with Gasteiger partial charge in [-0.3, -0.25) is 4.79 Å². The molecular weight excluding hydrogens is 326 g/mol. The molecule has 0 heterocycles. The van der Waals surface area contributed by atoms with Crippen molar-refractivity contribution in [2.75, 3.05) is 5.73 Å². The zero-order valence-electron chi connectivity index (χ0n) is 10.3. The van der Waals surface area contributed by atoms with Gasteiger partial charge in [-0.05, 0) is 36.4 Å². The highest BCUT2D eigenvalue weighted by Gasteiger charge is 2.31. The lowest BCUT2D eigenvalue weighted by molar-refractivity contribution is -0.137. The van der Waals surface area contributed by atoms with Crippen molar-refractivity contribution in [1.82, 2.24) is 0 Å². The van der Waals surface area contributed by atoms with Gasteiger partial charge < -0.3 is 5.73 Å². The van der Waals surface area contributed by atoms with E-state index in [-0.39, 0.29) is 26.9 Å². The molecule has 0 unspecified atom stereocenters. The van der Waals surface area contributed by atoms with Crippen molar-refractivity contribution in [2.24, 2.45) is 0 Å². The highest BCUT2D eigenvalue weighted by molar-refractivity contribution is 6.42. The van der Waals surface area contributed by atoms with Gasteiger partial charge in [0, 0.05) is 16.8 Å². The van der Waals surface area contributed by atoms with E-state index >= 15 is 0 Å². The molecule has 0 saturated carbocycles. The predicted octanol–water partition coefficient (Wildman–Crippen LogP) is 4.83. The van der Waals surface area contributed by atoms with Crippen molar-refractivity contribution >= 4 is 34.7 Å². The van der Waals surface area contributed by atoms with E-state index in [4.69, 9.17) is 28.9 Å². The number of rotatable bonds is 2. The molecule has 2 N–H and O–H groups in total. The standard InChI is InChI=1S/C14H8Cl2F3NO/c15-10-3-1-7(5-11(10)16)13(21)9-6-8(14(17,18)19)2-4-12(9)20/h1-6H,20H2. The fourth-order valence-corrected chi connectivity index (χ4v) is 2.02. The summed E-state index contributed by atoms with van der Waals surface area (Å²) in [6.07, 6.45) is -4.56. The molecule has 2 aromatic carbocycles. The average molecular weight is 334 g/mol. The molecule has 0 aromatic heterocycles. The lowest BCUT2D eigenvalue weighted by Gasteiger charge is -2.11. The molecule has 7 heteroatoms.